The Balaban J connectivity index is 0.000000120. The monoisotopic (exact) mass is 1480 g/mol. The van der Waals surface area contributed by atoms with Gasteiger partial charge in [-0.1, -0.05) is 0 Å². The molecule has 0 atom stereocenters. The second-order valence-electron chi connectivity index (χ2n) is 30.5. The van der Waals surface area contributed by atoms with E-state index in [0.717, 1.165) is 84.0 Å². The molecule has 6 aliphatic rings. The van der Waals surface area contributed by atoms with Gasteiger partial charge in [0.05, 0.1) is 26.9 Å². The molecule has 0 aliphatic heterocycles. The Bertz CT molecular complexity index is 4260. The molecule has 10 heterocycles. The molecule has 5 saturated carbocycles. The summed E-state index contributed by atoms with van der Waals surface area (Å²) in [4.78, 5) is 65.7. The number of hydrogen-bond donors (Lipinski definition) is 5. The van der Waals surface area contributed by atoms with Gasteiger partial charge in [0, 0.05) is 75.0 Å². The number of anilines is 5. The van der Waals surface area contributed by atoms with E-state index in [-0.39, 0.29) is 0 Å². The van der Waals surface area contributed by atoms with Crippen LogP contribution in [0.15, 0.2) is 54.5 Å². The van der Waals surface area contributed by atoms with Gasteiger partial charge in [-0.05, 0) is 285 Å². The number of nitrogens with zero attached hydrogens (tertiary/aromatic N) is 15. The molecule has 0 aromatic carbocycles. The minimum Gasteiger partial charge on any atom is -0.367 e. The predicted octanol–water partition coefficient (Wildman–Crippen LogP) is 16.6. The number of hydrogen-bond acceptors (Lipinski definition) is 25. The van der Waals surface area contributed by atoms with Gasteiger partial charge in [0.1, 0.15) is 84.9 Å². The Morgan fingerprint density at radius 1 is 0.353 bits per heavy atom. The SMILES string of the molecule is CN(C)C1CCC(Nc2ncnc3sc4c(c23)CCC4)CC1.CN(C)C1CCC(Nc2ncnc3sccc23)CC1.Cc1cc2c(NC3CCC(N(C)C)CC3)ncnc2s1.Cc1csc2ncnc(NC3CCC(N(C)C)CC3)c12.Cc1sc2ncnc(NC3CCC(N(C)C)CC3)c2c1C. The summed E-state index contributed by atoms with van der Waals surface area (Å²) in [5, 5.41) is 28.6. The van der Waals surface area contributed by atoms with Crippen molar-refractivity contribution >= 4 is 137 Å². The fourth-order valence-corrected chi connectivity index (χ4v) is 20.8. The van der Waals surface area contributed by atoms with E-state index in [1.54, 1.807) is 77.0 Å². The third-order valence-corrected chi connectivity index (χ3v) is 27.7. The molecule has 550 valence electrons. The summed E-state index contributed by atoms with van der Waals surface area (Å²) in [7, 11) is 21.8. The van der Waals surface area contributed by atoms with Crippen molar-refractivity contribution in [1.29, 1.82) is 0 Å². The molecule has 0 radical (unpaired) electrons. The standard InChI is InChI=1S/C17H24N4S.C16H24N4S.2C15H22N4S.C14H20N4S/c1-21(2)12-8-6-11(7-9-12)20-16-15-13-4-3-5-14(13)22-17(15)19-10-18-16;1-10-11(2)21-16-14(10)15(17-9-18-16)19-12-5-7-13(8-6-12)20(3)4;1-10-8-20-15-13(10)14(16-9-17-15)18-11-4-6-12(7-5-11)19(2)3;1-10-8-13-14(16-9-17-15(13)20-10)18-11-4-6-12(7-5-11)19(2)3;1-18(2)11-5-3-10(4-6-11)17-13-12-7-8-19-14(12)16-9-15-13/h10-12H,3-9H2,1-2H3,(H,18,19,20);9,12-13H,5-8H2,1-4H3,(H,17,18,19);2*8-9,11-12H,4-7H2,1-3H3,(H,16,17,18);7-11H,3-6H2,1-2H3,(H,15,16,17). The van der Waals surface area contributed by atoms with E-state index in [1.165, 1.54) is 205 Å². The number of rotatable bonds is 15. The maximum absolute atomic E-state index is 4.58. The van der Waals surface area contributed by atoms with Gasteiger partial charge in [-0.25, -0.2) is 49.8 Å². The van der Waals surface area contributed by atoms with Gasteiger partial charge in [0.25, 0.3) is 0 Å². The van der Waals surface area contributed by atoms with E-state index in [4.69, 9.17) is 0 Å². The molecule has 0 unspecified atom stereocenters. The summed E-state index contributed by atoms with van der Waals surface area (Å²) in [5.41, 5.74) is 4.11. The third-order valence-electron chi connectivity index (χ3n) is 22.6. The van der Waals surface area contributed by atoms with Crippen molar-refractivity contribution in [2.24, 2.45) is 0 Å². The first kappa shape index (κ1) is 75.7. The number of aryl methyl sites for hydroxylation is 6. The van der Waals surface area contributed by atoms with Gasteiger partial charge >= 0.3 is 0 Å². The van der Waals surface area contributed by atoms with E-state index in [9.17, 15) is 0 Å². The van der Waals surface area contributed by atoms with Crippen LogP contribution in [-0.2, 0) is 12.8 Å². The van der Waals surface area contributed by atoms with E-state index < -0.39 is 0 Å². The molecule has 20 nitrogen and oxygen atoms in total. The Hall–Kier alpha value is -6.00. The molecule has 5 N–H and O–H groups in total. The topological polar surface area (TPSA) is 205 Å². The summed E-state index contributed by atoms with van der Waals surface area (Å²) in [6.45, 7) is 8.59. The van der Waals surface area contributed by atoms with E-state index in [0.29, 0.717) is 30.2 Å². The van der Waals surface area contributed by atoms with Gasteiger partial charge < -0.3 is 51.1 Å². The Labute approximate surface area is 625 Å². The van der Waals surface area contributed by atoms with Crippen LogP contribution in [0.1, 0.15) is 166 Å². The van der Waals surface area contributed by atoms with E-state index in [2.05, 4.69) is 222 Å². The number of nitrogens with one attached hydrogen (secondary N) is 5. The van der Waals surface area contributed by atoms with E-state index in [1.807, 2.05) is 11.3 Å². The molecule has 0 amide bonds. The van der Waals surface area contributed by atoms with Gasteiger partial charge in [-0.15, -0.1) is 56.7 Å². The second-order valence-corrected chi connectivity index (χ2v) is 35.8. The summed E-state index contributed by atoms with van der Waals surface area (Å²) < 4.78 is 0. The van der Waals surface area contributed by atoms with Crippen molar-refractivity contribution in [2.45, 2.75) is 236 Å². The Morgan fingerprint density at radius 3 is 1.18 bits per heavy atom. The predicted molar refractivity (Wildman–Crippen MR) is 435 cm³/mol. The fourth-order valence-electron chi connectivity index (χ4n) is 16.1. The third kappa shape index (κ3) is 19.0. The Kier molecular flexibility index (Phi) is 26.3. The molecule has 0 bridgehead atoms. The van der Waals surface area contributed by atoms with E-state index >= 15 is 0 Å². The number of thiophene rings is 5. The van der Waals surface area contributed by atoms with Crippen LogP contribution in [0.3, 0.4) is 0 Å². The molecule has 16 rings (SSSR count). The maximum atomic E-state index is 4.58. The van der Waals surface area contributed by atoms with Crippen LogP contribution in [0.5, 0.6) is 0 Å². The van der Waals surface area contributed by atoms with Crippen LogP contribution >= 0.6 is 56.7 Å². The normalized spacial score (nSPS) is 23.7. The smallest absolute Gasteiger partial charge is 0.138 e. The zero-order valence-electron chi connectivity index (χ0n) is 63.0. The first-order chi connectivity index (χ1) is 49.3. The molecule has 102 heavy (non-hydrogen) atoms. The average Bonchev–Trinajstić information content (AvgIpc) is 1.63. The second kappa shape index (κ2) is 35.4. The maximum Gasteiger partial charge on any atom is 0.138 e. The first-order valence-electron chi connectivity index (χ1n) is 37.5. The zero-order chi connectivity index (χ0) is 71.6. The highest BCUT2D eigenvalue weighted by molar-refractivity contribution is 7.19. The number of aromatic nitrogens is 10. The highest BCUT2D eigenvalue weighted by Crippen LogP contribution is 2.41. The van der Waals surface area contributed by atoms with Crippen molar-refractivity contribution < 1.29 is 0 Å². The summed E-state index contributed by atoms with van der Waals surface area (Å²) in [6, 6.07) is 10.7. The molecule has 6 aliphatic carbocycles. The first-order valence-corrected chi connectivity index (χ1v) is 41.7. The lowest BCUT2D eigenvalue weighted by atomic mass is 9.90. The van der Waals surface area contributed by atoms with Crippen molar-refractivity contribution in [3.8, 4) is 0 Å². The van der Waals surface area contributed by atoms with Crippen molar-refractivity contribution in [2.75, 3.05) is 97.1 Å². The average molecular weight is 1480 g/mol. The van der Waals surface area contributed by atoms with Gasteiger partial charge in [0.2, 0.25) is 0 Å². The van der Waals surface area contributed by atoms with Gasteiger partial charge in [0.15, 0.2) is 0 Å². The van der Waals surface area contributed by atoms with Gasteiger partial charge in [-0.2, -0.15) is 0 Å². The molecule has 5 fully saturated rings. The fraction of sp³-hybridized carbons (Fsp3) is 0.610. The largest absolute Gasteiger partial charge is 0.367 e. The van der Waals surface area contributed by atoms with Crippen LogP contribution in [0, 0.1) is 27.7 Å². The van der Waals surface area contributed by atoms with Crippen LogP contribution in [-0.4, -0.2) is 205 Å². The van der Waals surface area contributed by atoms with Crippen molar-refractivity contribution in [3.05, 3.63) is 85.9 Å². The highest BCUT2D eigenvalue weighted by atomic mass is 32.1. The lowest BCUT2D eigenvalue weighted by Gasteiger charge is -2.33. The molecule has 10 aromatic heterocycles. The van der Waals surface area contributed by atoms with Crippen LogP contribution in [0.25, 0.3) is 51.1 Å². The molecule has 10 aromatic rings. The lowest BCUT2D eigenvalue weighted by Crippen LogP contribution is -2.36. The quantitative estimate of drug-likeness (QED) is 0.0647. The number of fused-ring (bicyclic) bond motifs is 7. The summed E-state index contributed by atoms with van der Waals surface area (Å²) >= 11 is 8.73. The summed E-state index contributed by atoms with van der Waals surface area (Å²) in [5.74, 6) is 5.13. The minimum absolute atomic E-state index is 0.541. The minimum atomic E-state index is 0.541. The summed E-state index contributed by atoms with van der Waals surface area (Å²) in [6.07, 6.45) is 37.0. The van der Waals surface area contributed by atoms with Gasteiger partial charge in [-0.3, -0.25) is 0 Å². The van der Waals surface area contributed by atoms with Crippen LogP contribution < -0.4 is 26.6 Å². The molecular weight excluding hydrogens is 1370 g/mol. The molecule has 25 heteroatoms. The highest BCUT2D eigenvalue weighted by Gasteiger charge is 2.30. The van der Waals surface area contributed by atoms with Crippen LogP contribution in [0.2, 0.25) is 0 Å². The van der Waals surface area contributed by atoms with Crippen LogP contribution in [0.4, 0.5) is 29.1 Å². The Morgan fingerprint density at radius 2 is 0.725 bits per heavy atom. The van der Waals surface area contributed by atoms with Crippen molar-refractivity contribution in [3.63, 3.8) is 0 Å². The zero-order valence-corrected chi connectivity index (χ0v) is 67.1. The molecular formula is C77H112N20S5. The molecule has 0 saturated heterocycles. The molecule has 0 spiro atoms. The van der Waals surface area contributed by atoms with Crippen molar-refractivity contribution in [1.82, 2.24) is 74.3 Å². The lowest BCUT2D eigenvalue weighted by molar-refractivity contribution is 0.221.